The smallest absolute Gasteiger partial charge is 0.273 e. The molecule has 1 amide bonds. The molecule has 2 atom stereocenters. The summed E-state index contributed by atoms with van der Waals surface area (Å²) in [6.45, 7) is 3.97. The molecule has 2 aromatic carbocycles. The van der Waals surface area contributed by atoms with E-state index >= 15 is 4.39 Å². The molecule has 0 bridgehead atoms. The van der Waals surface area contributed by atoms with E-state index in [1.54, 1.807) is 6.07 Å². The number of thiazole rings is 1. The number of halogens is 1. The summed E-state index contributed by atoms with van der Waals surface area (Å²) < 4.78 is 16.2. The zero-order chi connectivity index (χ0) is 26.0. The maximum Gasteiger partial charge on any atom is 0.273 e. The number of aliphatic hydroxyl groups excluding tert-OH is 1. The van der Waals surface area contributed by atoms with E-state index in [1.807, 2.05) is 34.1 Å². The van der Waals surface area contributed by atoms with Crippen LogP contribution in [0.3, 0.4) is 0 Å². The normalized spacial score (nSPS) is 21.2. The molecule has 194 valence electrons. The molecule has 1 saturated carbocycles. The predicted molar refractivity (Wildman–Crippen MR) is 147 cm³/mol. The van der Waals surface area contributed by atoms with E-state index in [0.717, 1.165) is 35.2 Å². The molecular formula is C30H29FN4O2S. The van der Waals surface area contributed by atoms with Crippen LogP contribution in [0.25, 0.3) is 20.9 Å². The zero-order valence-corrected chi connectivity index (χ0v) is 22.0. The van der Waals surface area contributed by atoms with Gasteiger partial charge in [0.1, 0.15) is 16.5 Å². The van der Waals surface area contributed by atoms with Gasteiger partial charge in [-0.1, -0.05) is 24.3 Å². The monoisotopic (exact) mass is 528 g/mol. The van der Waals surface area contributed by atoms with Gasteiger partial charge in [0, 0.05) is 30.9 Å². The van der Waals surface area contributed by atoms with Crippen LogP contribution in [0.5, 0.6) is 0 Å². The van der Waals surface area contributed by atoms with E-state index in [1.165, 1.54) is 28.5 Å². The van der Waals surface area contributed by atoms with Crippen molar-refractivity contribution in [1.82, 2.24) is 14.9 Å². The molecule has 1 N–H and O–H groups in total. The molecule has 0 radical (unpaired) electrons. The number of anilines is 1. The van der Waals surface area contributed by atoms with Crippen molar-refractivity contribution < 1.29 is 14.3 Å². The number of carbonyl (C=O) groups is 1. The minimum absolute atomic E-state index is 0.0235. The lowest BCUT2D eigenvalue weighted by Crippen LogP contribution is -2.39. The molecule has 6 nitrogen and oxygen atoms in total. The lowest BCUT2D eigenvalue weighted by atomic mass is 9.93. The van der Waals surface area contributed by atoms with Gasteiger partial charge in [-0.25, -0.2) is 14.4 Å². The lowest BCUT2D eigenvalue weighted by molar-refractivity contribution is 0.0672. The average molecular weight is 529 g/mol. The lowest BCUT2D eigenvalue weighted by Gasteiger charge is -2.35. The fourth-order valence-corrected chi connectivity index (χ4v) is 7.03. The fourth-order valence-electron chi connectivity index (χ4n) is 5.90. The van der Waals surface area contributed by atoms with Crippen LogP contribution in [0.15, 0.2) is 48.5 Å². The molecule has 7 rings (SSSR count). The number of β-amino-alcohol motifs (C(OH)–C–C–N with tert-alkyl or cyclic N) is 1. The Morgan fingerprint density at radius 1 is 1.05 bits per heavy atom. The molecule has 2 aliphatic heterocycles. The number of hydrogen-bond acceptors (Lipinski definition) is 6. The Hall–Kier alpha value is -3.36. The maximum absolute atomic E-state index is 15.3. The quantitative estimate of drug-likeness (QED) is 0.368. The van der Waals surface area contributed by atoms with E-state index < -0.39 is 0 Å². The number of aliphatic hydroxyl groups is 1. The van der Waals surface area contributed by atoms with E-state index in [2.05, 4.69) is 19.1 Å². The van der Waals surface area contributed by atoms with Gasteiger partial charge in [-0.15, -0.1) is 11.3 Å². The molecule has 2 aromatic heterocycles. The Labute approximate surface area is 224 Å². The van der Waals surface area contributed by atoms with Crippen molar-refractivity contribution in [2.75, 3.05) is 24.5 Å². The van der Waals surface area contributed by atoms with Gasteiger partial charge < -0.3 is 14.9 Å². The third-order valence-corrected chi connectivity index (χ3v) is 9.32. The van der Waals surface area contributed by atoms with Crippen LogP contribution in [-0.2, 0) is 6.42 Å². The number of nitrogens with zero attached hydrogens (tertiary/aromatic N) is 4. The Kier molecular flexibility index (Phi) is 5.70. The molecule has 2 fully saturated rings. The molecule has 4 heterocycles. The van der Waals surface area contributed by atoms with Crippen LogP contribution in [0.4, 0.5) is 10.1 Å². The van der Waals surface area contributed by atoms with Crippen LogP contribution in [0.2, 0.25) is 0 Å². The summed E-state index contributed by atoms with van der Waals surface area (Å²) in [5.74, 6) is -0.0182. The number of aromatic nitrogens is 2. The van der Waals surface area contributed by atoms with Gasteiger partial charge in [0.2, 0.25) is 0 Å². The molecule has 4 aromatic rings. The summed E-state index contributed by atoms with van der Waals surface area (Å²) in [6, 6.07) is 15.4. The molecule has 8 heteroatoms. The van der Waals surface area contributed by atoms with Crippen molar-refractivity contribution in [3.8, 4) is 10.6 Å². The van der Waals surface area contributed by atoms with E-state index in [4.69, 9.17) is 9.97 Å². The number of benzene rings is 2. The Morgan fingerprint density at radius 3 is 2.66 bits per heavy atom. The summed E-state index contributed by atoms with van der Waals surface area (Å²) in [7, 11) is 0. The van der Waals surface area contributed by atoms with Gasteiger partial charge in [0.15, 0.2) is 5.65 Å². The first-order valence-electron chi connectivity index (χ1n) is 13.4. The number of pyridine rings is 1. The Bertz CT molecular complexity index is 1570. The van der Waals surface area contributed by atoms with Crippen molar-refractivity contribution in [2.24, 2.45) is 0 Å². The van der Waals surface area contributed by atoms with Crippen molar-refractivity contribution in [1.29, 1.82) is 0 Å². The molecule has 1 saturated heterocycles. The maximum atomic E-state index is 15.3. The highest BCUT2D eigenvalue weighted by atomic mass is 32.1. The third kappa shape index (κ3) is 4.07. The highest BCUT2D eigenvalue weighted by molar-refractivity contribution is 7.21. The van der Waals surface area contributed by atoms with Crippen molar-refractivity contribution in [2.45, 2.75) is 50.7 Å². The summed E-state index contributed by atoms with van der Waals surface area (Å²) in [5, 5.41) is 10.4. The van der Waals surface area contributed by atoms with E-state index in [9.17, 15) is 9.90 Å². The first-order chi connectivity index (χ1) is 18.5. The first-order valence-corrected chi connectivity index (χ1v) is 14.2. The minimum Gasteiger partial charge on any atom is -0.391 e. The number of hydrogen-bond donors (Lipinski definition) is 1. The van der Waals surface area contributed by atoms with Crippen LogP contribution >= 0.6 is 11.3 Å². The zero-order valence-electron chi connectivity index (χ0n) is 21.2. The van der Waals surface area contributed by atoms with Gasteiger partial charge in [-0.2, -0.15) is 0 Å². The largest absolute Gasteiger partial charge is 0.391 e. The topological polar surface area (TPSA) is 69.6 Å². The van der Waals surface area contributed by atoms with Crippen molar-refractivity contribution in [3.63, 3.8) is 0 Å². The molecule has 0 spiro atoms. The second-order valence-electron chi connectivity index (χ2n) is 10.7. The van der Waals surface area contributed by atoms with Gasteiger partial charge in [-0.05, 0) is 79.5 Å². The second kappa shape index (κ2) is 9.13. The van der Waals surface area contributed by atoms with E-state index in [-0.39, 0.29) is 23.9 Å². The van der Waals surface area contributed by atoms with Crippen molar-refractivity contribution in [3.05, 3.63) is 76.7 Å². The summed E-state index contributed by atoms with van der Waals surface area (Å²) in [5.41, 5.74) is 5.74. The third-order valence-electron chi connectivity index (χ3n) is 8.19. The molecule has 38 heavy (non-hydrogen) atoms. The van der Waals surface area contributed by atoms with Crippen LogP contribution in [0.1, 0.15) is 65.3 Å². The SMILES string of the molecule is C[C@@H]1c2ccccc2CCN1C(=O)c1cc(C2CC2)c2sc(-c3ccc(N4CC[C@@H](O)C4)cc3F)nc2n1. The van der Waals surface area contributed by atoms with Crippen molar-refractivity contribution >= 4 is 33.3 Å². The number of amides is 1. The highest BCUT2D eigenvalue weighted by Gasteiger charge is 2.33. The van der Waals surface area contributed by atoms with Crippen LogP contribution in [-0.4, -0.2) is 51.6 Å². The molecule has 0 unspecified atom stereocenters. The summed E-state index contributed by atoms with van der Waals surface area (Å²) in [4.78, 5) is 27.1. The fraction of sp³-hybridized carbons (Fsp3) is 0.367. The Morgan fingerprint density at radius 2 is 1.89 bits per heavy atom. The van der Waals surface area contributed by atoms with Gasteiger partial charge >= 0.3 is 0 Å². The van der Waals surface area contributed by atoms with Gasteiger partial charge in [0.05, 0.1) is 16.8 Å². The van der Waals surface area contributed by atoms with Crippen LogP contribution < -0.4 is 4.90 Å². The number of rotatable bonds is 4. The molecule has 3 aliphatic rings. The number of fused-ring (bicyclic) bond motifs is 2. The minimum atomic E-state index is -0.367. The van der Waals surface area contributed by atoms with E-state index in [0.29, 0.717) is 53.9 Å². The standard InChI is InChI=1S/C30H29FN4O2S/c1-17-22-5-3-2-4-18(22)10-13-35(17)30(37)26-15-24(19-6-7-19)27-28(32-26)33-29(38-27)23-9-8-20(14-25(23)31)34-12-11-21(36)16-34/h2-5,8-9,14-15,17,19,21,36H,6-7,10-13,16H2,1H3/t17-,21-/m1/s1. The van der Waals surface area contributed by atoms with Gasteiger partial charge in [-0.3, -0.25) is 4.79 Å². The summed E-state index contributed by atoms with van der Waals surface area (Å²) >= 11 is 1.45. The predicted octanol–water partition coefficient (Wildman–Crippen LogP) is 5.71. The molecule has 1 aliphatic carbocycles. The average Bonchev–Trinajstić information content (AvgIpc) is 3.53. The highest BCUT2D eigenvalue weighted by Crippen LogP contribution is 2.46. The van der Waals surface area contributed by atoms with Gasteiger partial charge in [0.25, 0.3) is 5.91 Å². The number of carbonyl (C=O) groups excluding carboxylic acids is 1. The Balaban J connectivity index is 1.23. The summed E-state index contributed by atoms with van der Waals surface area (Å²) in [6.07, 6.45) is 3.32. The van der Waals surface area contributed by atoms with Crippen LogP contribution in [0, 0.1) is 5.82 Å². The molecular weight excluding hydrogens is 499 g/mol. The second-order valence-corrected chi connectivity index (χ2v) is 11.7. The first kappa shape index (κ1) is 23.7.